The van der Waals surface area contributed by atoms with Gasteiger partial charge < -0.3 is 10.3 Å². The van der Waals surface area contributed by atoms with E-state index in [-0.39, 0.29) is 0 Å². The summed E-state index contributed by atoms with van der Waals surface area (Å²) in [7, 11) is 0. The van der Waals surface area contributed by atoms with Crippen molar-refractivity contribution in [1.82, 2.24) is 14.5 Å². The van der Waals surface area contributed by atoms with Gasteiger partial charge in [-0.2, -0.15) is 0 Å². The van der Waals surface area contributed by atoms with Crippen LogP contribution < -0.4 is 5.73 Å². The molecule has 0 unspecified atom stereocenters. The maximum absolute atomic E-state index is 5.50. The van der Waals surface area contributed by atoms with Crippen molar-refractivity contribution in [3.8, 4) is 0 Å². The molecule has 2 heterocycles. The Morgan fingerprint density at radius 3 is 3.00 bits per heavy atom. The van der Waals surface area contributed by atoms with Gasteiger partial charge in [-0.3, -0.25) is 4.98 Å². The Morgan fingerprint density at radius 1 is 1.38 bits per heavy atom. The molecule has 0 fully saturated rings. The van der Waals surface area contributed by atoms with Gasteiger partial charge in [0.2, 0.25) is 0 Å². The molecule has 0 radical (unpaired) electrons. The van der Waals surface area contributed by atoms with Gasteiger partial charge in [0, 0.05) is 19.2 Å². The van der Waals surface area contributed by atoms with Gasteiger partial charge in [-0.25, -0.2) is 4.98 Å². The summed E-state index contributed by atoms with van der Waals surface area (Å²) in [6, 6.07) is 2.03. The van der Waals surface area contributed by atoms with Crippen LogP contribution in [0, 0.1) is 0 Å². The van der Waals surface area contributed by atoms with Crippen LogP contribution in [-0.2, 0) is 13.0 Å². The van der Waals surface area contributed by atoms with Gasteiger partial charge in [-0.05, 0) is 32.4 Å². The lowest BCUT2D eigenvalue weighted by atomic mass is 10.2. The van der Waals surface area contributed by atoms with Crippen LogP contribution in [0.2, 0.25) is 0 Å². The van der Waals surface area contributed by atoms with Gasteiger partial charge in [0.05, 0.1) is 11.7 Å². The average molecular weight is 218 g/mol. The highest BCUT2D eigenvalue weighted by molar-refractivity contribution is 5.74. The lowest BCUT2D eigenvalue weighted by Gasteiger charge is -2.05. The Kier molecular flexibility index (Phi) is 3.51. The quantitative estimate of drug-likeness (QED) is 0.778. The van der Waals surface area contributed by atoms with E-state index < -0.39 is 0 Å². The zero-order chi connectivity index (χ0) is 11.4. The van der Waals surface area contributed by atoms with E-state index in [1.165, 1.54) is 5.52 Å². The zero-order valence-corrected chi connectivity index (χ0v) is 9.69. The fourth-order valence-electron chi connectivity index (χ4n) is 2.00. The highest BCUT2D eigenvalue weighted by Gasteiger charge is 2.08. The Balaban J connectivity index is 2.29. The van der Waals surface area contributed by atoms with E-state index in [9.17, 15) is 0 Å². The summed E-state index contributed by atoms with van der Waals surface area (Å²) in [6.45, 7) is 3.86. The van der Waals surface area contributed by atoms with E-state index in [4.69, 9.17) is 5.73 Å². The number of nitrogens with two attached hydrogens (primary N) is 1. The van der Waals surface area contributed by atoms with Crippen molar-refractivity contribution in [3.05, 3.63) is 24.3 Å². The minimum atomic E-state index is 0.758. The third-order valence-electron chi connectivity index (χ3n) is 2.80. The summed E-state index contributed by atoms with van der Waals surface area (Å²) >= 11 is 0. The van der Waals surface area contributed by atoms with E-state index in [0.29, 0.717) is 0 Å². The Labute approximate surface area is 95.5 Å². The van der Waals surface area contributed by atoms with E-state index >= 15 is 0 Å². The number of nitrogens with zero attached hydrogens (tertiary/aromatic N) is 3. The van der Waals surface area contributed by atoms with Crippen molar-refractivity contribution in [2.75, 3.05) is 6.54 Å². The summed E-state index contributed by atoms with van der Waals surface area (Å²) in [6.07, 6.45) is 6.81. The first-order chi connectivity index (χ1) is 7.86. The molecule has 0 aliphatic rings. The van der Waals surface area contributed by atoms with E-state index in [1.54, 1.807) is 0 Å². The molecule has 16 heavy (non-hydrogen) atoms. The van der Waals surface area contributed by atoms with Crippen LogP contribution >= 0.6 is 0 Å². The molecule has 0 saturated carbocycles. The standard InChI is InChI=1S/C12H18N4/c1-2-16-11-6-8-14-9-10(11)15-12(16)5-3-4-7-13/h6,8-9H,2-5,7,13H2,1H3. The summed E-state index contributed by atoms with van der Waals surface area (Å²) in [5.41, 5.74) is 7.67. The first-order valence-corrected chi connectivity index (χ1v) is 5.86. The number of aryl methyl sites for hydroxylation is 2. The number of hydrogen-bond acceptors (Lipinski definition) is 3. The topological polar surface area (TPSA) is 56.7 Å². The summed E-state index contributed by atoms with van der Waals surface area (Å²) < 4.78 is 2.26. The Bertz CT molecular complexity index is 461. The van der Waals surface area contributed by atoms with Crippen molar-refractivity contribution < 1.29 is 0 Å². The van der Waals surface area contributed by atoms with Crippen LogP contribution in [0.1, 0.15) is 25.6 Å². The van der Waals surface area contributed by atoms with E-state index in [2.05, 4.69) is 21.5 Å². The SMILES string of the molecule is CCn1c(CCCCN)nc2cnccc21. The number of rotatable bonds is 5. The molecule has 86 valence electrons. The average Bonchev–Trinajstić information content (AvgIpc) is 2.67. The van der Waals surface area contributed by atoms with Crippen LogP contribution in [-0.4, -0.2) is 21.1 Å². The summed E-state index contributed by atoms with van der Waals surface area (Å²) in [5, 5.41) is 0. The van der Waals surface area contributed by atoms with Crippen molar-refractivity contribution in [3.63, 3.8) is 0 Å². The molecule has 0 atom stereocenters. The molecule has 4 nitrogen and oxygen atoms in total. The highest BCUT2D eigenvalue weighted by Crippen LogP contribution is 2.16. The molecule has 2 N–H and O–H groups in total. The zero-order valence-electron chi connectivity index (χ0n) is 9.69. The van der Waals surface area contributed by atoms with Gasteiger partial charge in [0.15, 0.2) is 0 Å². The predicted octanol–water partition coefficient (Wildman–Crippen LogP) is 1.73. The number of aromatic nitrogens is 3. The second-order valence-corrected chi connectivity index (χ2v) is 3.88. The first kappa shape index (κ1) is 11.1. The highest BCUT2D eigenvalue weighted by atomic mass is 15.1. The number of pyridine rings is 1. The third kappa shape index (κ3) is 2.07. The predicted molar refractivity (Wildman–Crippen MR) is 65.2 cm³/mol. The molecule has 0 saturated heterocycles. The van der Waals surface area contributed by atoms with Crippen molar-refractivity contribution in [2.45, 2.75) is 32.7 Å². The van der Waals surface area contributed by atoms with Crippen LogP contribution in [0.25, 0.3) is 11.0 Å². The number of unbranched alkanes of at least 4 members (excludes halogenated alkanes) is 1. The normalized spacial score (nSPS) is 11.1. The molecule has 0 spiro atoms. The molecular weight excluding hydrogens is 200 g/mol. The van der Waals surface area contributed by atoms with Crippen LogP contribution in [0.15, 0.2) is 18.5 Å². The molecule has 0 aliphatic heterocycles. The largest absolute Gasteiger partial charge is 0.330 e. The number of hydrogen-bond donors (Lipinski definition) is 1. The lowest BCUT2D eigenvalue weighted by molar-refractivity contribution is 0.661. The minimum absolute atomic E-state index is 0.758. The van der Waals surface area contributed by atoms with Gasteiger partial charge >= 0.3 is 0 Å². The minimum Gasteiger partial charge on any atom is -0.330 e. The van der Waals surface area contributed by atoms with Gasteiger partial charge in [-0.1, -0.05) is 0 Å². The summed E-state index contributed by atoms with van der Waals surface area (Å²) in [5.74, 6) is 1.15. The van der Waals surface area contributed by atoms with Gasteiger partial charge in [-0.15, -0.1) is 0 Å². The van der Waals surface area contributed by atoms with Crippen molar-refractivity contribution in [2.24, 2.45) is 5.73 Å². The van der Waals surface area contributed by atoms with Gasteiger partial charge in [0.1, 0.15) is 11.3 Å². The fraction of sp³-hybridized carbons (Fsp3) is 0.500. The second-order valence-electron chi connectivity index (χ2n) is 3.88. The fourth-order valence-corrected chi connectivity index (χ4v) is 2.00. The van der Waals surface area contributed by atoms with Gasteiger partial charge in [0.25, 0.3) is 0 Å². The monoisotopic (exact) mass is 218 g/mol. The molecule has 4 heteroatoms. The third-order valence-corrected chi connectivity index (χ3v) is 2.80. The van der Waals surface area contributed by atoms with Crippen LogP contribution in [0.3, 0.4) is 0 Å². The Hall–Kier alpha value is -1.42. The molecule has 2 aromatic rings. The molecule has 0 aromatic carbocycles. The molecule has 2 aromatic heterocycles. The van der Waals surface area contributed by atoms with Crippen molar-refractivity contribution in [1.29, 1.82) is 0 Å². The van der Waals surface area contributed by atoms with E-state index in [1.807, 2.05) is 18.5 Å². The van der Waals surface area contributed by atoms with E-state index in [0.717, 1.165) is 43.7 Å². The van der Waals surface area contributed by atoms with Crippen LogP contribution in [0.4, 0.5) is 0 Å². The number of fused-ring (bicyclic) bond motifs is 1. The van der Waals surface area contributed by atoms with Crippen molar-refractivity contribution >= 4 is 11.0 Å². The number of imidazole rings is 1. The molecule has 2 rings (SSSR count). The van der Waals surface area contributed by atoms with Crippen LogP contribution in [0.5, 0.6) is 0 Å². The smallest absolute Gasteiger partial charge is 0.109 e. The first-order valence-electron chi connectivity index (χ1n) is 5.86. The lowest BCUT2D eigenvalue weighted by Crippen LogP contribution is -2.04. The second kappa shape index (κ2) is 5.07. The molecule has 0 bridgehead atoms. The Morgan fingerprint density at radius 2 is 2.25 bits per heavy atom. The maximum Gasteiger partial charge on any atom is 0.109 e. The molecular formula is C12H18N4. The molecule has 0 amide bonds. The maximum atomic E-state index is 5.50. The summed E-state index contributed by atoms with van der Waals surface area (Å²) in [4.78, 5) is 8.72. The molecule has 0 aliphatic carbocycles.